The minimum atomic E-state index is -0.138. The summed E-state index contributed by atoms with van der Waals surface area (Å²) < 4.78 is 9.59. The normalized spacial score (nSPS) is 13.0. The second-order valence-electron chi connectivity index (χ2n) is 18.8. The van der Waals surface area contributed by atoms with Crippen molar-refractivity contribution in [1.29, 1.82) is 0 Å². The molecule has 0 atom stereocenters. The molecule has 320 valence electrons. The van der Waals surface area contributed by atoms with Crippen LogP contribution in [0.15, 0.2) is 235 Å². The largest absolute Gasteiger partial charge is 0.455 e. The third kappa shape index (κ3) is 5.53. The molecule has 1 aliphatic rings. The zero-order valence-electron chi connectivity index (χ0n) is 37.7. The van der Waals surface area contributed by atoms with Crippen LogP contribution in [0.4, 0.5) is 17.1 Å². The zero-order chi connectivity index (χ0) is 45.1. The third-order valence-corrected chi connectivity index (χ3v) is 14.8. The minimum absolute atomic E-state index is 0.138. The van der Waals surface area contributed by atoms with E-state index in [4.69, 9.17) is 4.42 Å². The molecular weight excluding hydrogens is 825 g/mol. The number of hydrogen-bond donors (Lipinski definition) is 0. The van der Waals surface area contributed by atoms with Crippen molar-refractivity contribution in [1.82, 2.24) is 4.57 Å². The molecule has 14 rings (SSSR count). The van der Waals surface area contributed by atoms with E-state index < -0.39 is 0 Å². The predicted molar refractivity (Wildman–Crippen MR) is 286 cm³/mol. The van der Waals surface area contributed by atoms with Gasteiger partial charge in [-0.15, -0.1) is 0 Å². The number of para-hydroxylation sites is 5. The first-order chi connectivity index (χ1) is 33.5. The van der Waals surface area contributed by atoms with Gasteiger partial charge in [0.05, 0.1) is 39.2 Å². The first-order valence-electron chi connectivity index (χ1n) is 23.6. The molecule has 0 radical (unpaired) electrons. The van der Waals surface area contributed by atoms with E-state index in [0.29, 0.717) is 0 Å². The fraction of sp³-hybridized carbons (Fsp3) is 0.0462. The number of fused-ring (bicyclic) bond motifs is 12. The van der Waals surface area contributed by atoms with E-state index in [0.717, 1.165) is 61.4 Å². The monoisotopic (exact) mass is 868 g/mol. The van der Waals surface area contributed by atoms with Gasteiger partial charge in [-0.2, -0.15) is 0 Å². The van der Waals surface area contributed by atoms with Crippen LogP contribution in [0.25, 0.3) is 104 Å². The van der Waals surface area contributed by atoms with Gasteiger partial charge in [-0.3, -0.25) is 0 Å². The third-order valence-electron chi connectivity index (χ3n) is 14.8. The van der Waals surface area contributed by atoms with Crippen LogP contribution in [0, 0.1) is 0 Å². The van der Waals surface area contributed by atoms with Gasteiger partial charge in [0.1, 0.15) is 11.2 Å². The highest BCUT2D eigenvalue weighted by atomic mass is 16.3. The Kier molecular flexibility index (Phi) is 8.33. The van der Waals surface area contributed by atoms with Gasteiger partial charge in [-0.1, -0.05) is 190 Å². The van der Waals surface area contributed by atoms with Gasteiger partial charge < -0.3 is 13.9 Å². The van der Waals surface area contributed by atoms with Crippen molar-refractivity contribution in [3.8, 4) is 39.1 Å². The summed E-state index contributed by atoms with van der Waals surface area (Å²) in [7, 11) is 0. The van der Waals surface area contributed by atoms with Crippen LogP contribution in [-0.2, 0) is 5.41 Å². The molecule has 0 aliphatic heterocycles. The molecule has 0 unspecified atom stereocenters. The molecule has 2 heterocycles. The standard InChI is InChI=1S/C65H44N2O/c1-65(2)54-27-11-5-21-46(54)47-36-35-42(40-55(47)65)44-20-6-12-28-56(44)67(60-32-17-26-45-43-19-4-3-18-41(43)34-37-51(45)60)61-39-38-52(64-63(61)53-25-10-16-33-62(53)68-64)50-24-9-15-31-59(50)66-57-29-13-7-22-48(57)49-23-8-14-30-58(49)66/h3-40H,1-2H3. The Balaban J connectivity index is 1.05. The summed E-state index contributed by atoms with van der Waals surface area (Å²) in [6, 6.07) is 84.4. The second kappa shape index (κ2) is 14.7. The summed E-state index contributed by atoms with van der Waals surface area (Å²) in [5, 5.41) is 9.44. The van der Waals surface area contributed by atoms with Gasteiger partial charge >= 0.3 is 0 Å². The molecule has 0 amide bonds. The van der Waals surface area contributed by atoms with Gasteiger partial charge in [0, 0.05) is 43.7 Å². The highest BCUT2D eigenvalue weighted by Crippen LogP contribution is 2.53. The van der Waals surface area contributed by atoms with Crippen LogP contribution in [-0.4, -0.2) is 4.57 Å². The summed E-state index contributed by atoms with van der Waals surface area (Å²) in [4.78, 5) is 2.51. The molecule has 13 aromatic rings. The summed E-state index contributed by atoms with van der Waals surface area (Å²) in [6.07, 6.45) is 0. The second-order valence-corrected chi connectivity index (χ2v) is 18.8. The molecule has 1 aliphatic carbocycles. The van der Waals surface area contributed by atoms with E-state index in [1.165, 1.54) is 71.2 Å². The molecular formula is C65H44N2O. The smallest absolute Gasteiger partial charge is 0.145 e. The highest BCUT2D eigenvalue weighted by Gasteiger charge is 2.36. The maximum Gasteiger partial charge on any atom is 0.145 e. The molecule has 68 heavy (non-hydrogen) atoms. The van der Waals surface area contributed by atoms with Gasteiger partial charge in [0.2, 0.25) is 0 Å². The van der Waals surface area contributed by atoms with Crippen LogP contribution in [0.3, 0.4) is 0 Å². The average molecular weight is 869 g/mol. The lowest BCUT2D eigenvalue weighted by atomic mass is 9.81. The number of nitrogens with zero attached hydrogens (tertiary/aromatic N) is 2. The average Bonchev–Trinajstić information content (AvgIpc) is 4.02. The molecule has 3 heteroatoms. The Labute approximate surface area is 394 Å². The van der Waals surface area contributed by atoms with Crippen LogP contribution < -0.4 is 4.90 Å². The lowest BCUT2D eigenvalue weighted by molar-refractivity contribution is 0.660. The molecule has 0 fully saturated rings. The number of hydrogen-bond acceptors (Lipinski definition) is 2. The predicted octanol–water partition coefficient (Wildman–Crippen LogP) is 18.1. The van der Waals surface area contributed by atoms with Crippen LogP contribution >= 0.6 is 0 Å². The van der Waals surface area contributed by atoms with Gasteiger partial charge in [0.15, 0.2) is 0 Å². The number of rotatable bonds is 6. The lowest BCUT2D eigenvalue weighted by Crippen LogP contribution is -2.15. The summed E-state index contributed by atoms with van der Waals surface area (Å²) in [6.45, 7) is 4.73. The van der Waals surface area contributed by atoms with Gasteiger partial charge in [-0.05, 0) is 98.6 Å². The summed E-state index contributed by atoms with van der Waals surface area (Å²) in [5.41, 5.74) is 18.1. The zero-order valence-corrected chi connectivity index (χ0v) is 37.7. The SMILES string of the molecule is CC1(C)c2ccccc2-c2ccc(-c3ccccc3N(c3cccc4c3ccc3ccccc34)c3ccc(-c4ccccc4-n4c5ccccc5c5ccccc54)c4oc5ccccc5c34)cc21. The fourth-order valence-corrected chi connectivity index (χ4v) is 11.7. The van der Waals surface area contributed by atoms with Crippen molar-refractivity contribution >= 4 is 82.4 Å². The Morgan fingerprint density at radius 1 is 0.382 bits per heavy atom. The maximum absolute atomic E-state index is 7.18. The van der Waals surface area contributed by atoms with E-state index in [1.807, 2.05) is 0 Å². The molecule has 11 aromatic carbocycles. The van der Waals surface area contributed by atoms with Crippen molar-refractivity contribution < 1.29 is 4.42 Å². The molecule has 0 saturated carbocycles. The minimum Gasteiger partial charge on any atom is -0.455 e. The highest BCUT2D eigenvalue weighted by molar-refractivity contribution is 6.20. The number of aromatic nitrogens is 1. The fourth-order valence-electron chi connectivity index (χ4n) is 11.7. The molecule has 0 saturated heterocycles. The van der Waals surface area contributed by atoms with Gasteiger partial charge in [-0.25, -0.2) is 0 Å². The Morgan fingerprint density at radius 3 is 1.81 bits per heavy atom. The first-order valence-corrected chi connectivity index (χ1v) is 23.6. The van der Waals surface area contributed by atoms with Crippen molar-refractivity contribution in [3.05, 3.63) is 242 Å². The van der Waals surface area contributed by atoms with E-state index in [2.05, 4.69) is 254 Å². The van der Waals surface area contributed by atoms with E-state index >= 15 is 0 Å². The van der Waals surface area contributed by atoms with E-state index in [-0.39, 0.29) is 5.41 Å². The van der Waals surface area contributed by atoms with Crippen molar-refractivity contribution in [2.75, 3.05) is 4.90 Å². The molecule has 3 nitrogen and oxygen atoms in total. The van der Waals surface area contributed by atoms with Crippen molar-refractivity contribution in [3.63, 3.8) is 0 Å². The molecule has 0 spiro atoms. The Morgan fingerprint density at radius 2 is 0.985 bits per heavy atom. The molecule has 0 bridgehead atoms. The van der Waals surface area contributed by atoms with Crippen LogP contribution in [0.2, 0.25) is 0 Å². The topological polar surface area (TPSA) is 21.3 Å². The van der Waals surface area contributed by atoms with Crippen molar-refractivity contribution in [2.45, 2.75) is 19.3 Å². The lowest BCUT2D eigenvalue weighted by Gasteiger charge is -2.30. The van der Waals surface area contributed by atoms with Crippen LogP contribution in [0.1, 0.15) is 25.0 Å². The van der Waals surface area contributed by atoms with Crippen molar-refractivity contribution in [2.24, 2.45) is 0 Å². The summed E-state index contributed by atoms with van der Waals surface area (Å²) >= 11 is 0. The van der Waals surface area contributed by atoms with E-state index in [9.17, 15) is 0 Å². The number of benzene rings is 11. The Hall–Kier alpha value is -8.66. The van der Waals surface area contributed by atoms with Gasteiger partial charge in [0.25, 0.3) is 0 Å². The maximum atomic E-state index is 7.18. The van der Waals surface area contributed by atoms with Crippen LogP contribution in [0.5, 0.6) is 0 Å². The number of anilines is 3. The number of furan rings is 1. The molecule has 0 N–H and O–H groups in total. The molecule has 2 aromatic heterocycles. The van der Waals surface area contributed by atoms with E-state index in [1.54, 1.807) is 0 Å². The summed E-state index contributed by atoms with van der Waals surface area (Å²) in [5.74, 6) is 0. The Bertz CT molecular complexity index is 4150. The first kappa shape index (κ1) is 38.6. The quantitative estimate of drug-likeness (QED) is 0.155.